The molecular formula is C18H28BF2NO3S. The van der Waals surface area contributed by atoms with Gasteiger partial charge < -0.3 is 13.9 Å². The second kappa shape index (κ2) is 7.39. The van der Waals surface area contributed by atoms with Crippen LogP contribution < -0.4 is 10.2 Å². The molecule has 1 heterocycles. The summed E-state index contributed by atoms with van der Waals surface area (Å²) >= 11 is -1.60. The van der Waals surface area contributed by atoms with E-state index in [0.717, 1.165) is 5.46 Å². The van der Waals surface area contributed by atoms with Crippen molar-refractivity contribution in [1.82, 2.24) is 4.72 Å². The van der Waals surface area contributed by atoms with Crippen molar-refractivity contribution >= 4 is 23.9 Å². The van der Waals surface area contributed by atoms with Crippen molar-refractivity contribution in [2.24, 2.45) is 0 Å². The topological polar surface area (TPSA) is 53.5 Å². The van der Waals surface area contributed by atoms with E-state index in [-0.39, 0.29) is 0 Å². The number of hydrogen-bond donors (Lipinski definition) is 1. The molecule has 1 aromatic carbocycles. The van der Waals surface area contributed by atoms with Crippen molar-refractivity contribution in [1.29, 1.82) is 0 Å². The monoisotopic (exact) mass is 387 g/mol. The highest BCUT2D eigenvalue weighted by Gasteiger charge is 2.51. The first-order chi connectivity index (χ1) is 11.7. The Bertz CT molecular complexity index is 604. The second-order valence-electron chi connectivity index (χ2n) is 8.57. The van der Waals surface area contributed by atoms with Gasteiger partial charge in [0.25, 0.3) is 6.43 Å². The van der Waals surface area contributed by atoms with Crippen LogP contribution in [0.3, 0.4) is 0 Å². The zero-order valence-electron chi connectivity index (χ0n) is 16.4. The molecule has 4 nitrogen and oxygen atoms in total. The number of rotatable bonds is 5. The van der Waals surface area contributed by atoms with E-state index < -0.39 is 46.9 Å². The first-order valence-electron chi connectivity index (χ1n) is 8.66. The van der Waals surface area contributed by atoms with Gasteiger partial charge in [0, 0.05) is 11.4 Å². The number of alkyl halides is 2. The summed E-state index contributed by atoms with van der Waals surface area (Å²) in [6.07, 6.45) is -2.68. The maximum absolute atomic E-state index is 13.5. The molecule has 0 aromatic heterocycles. The summed E-state index contributed by atoms with van der Waals surface area (Å²) < 4.78 is 53.0. The molecule has 1 N–H and O–H groups in total. The Labute approximate surface area is 158 Å². The molecule has 1 fully saturated rings. The van der Waals surface area contributed by atoms with Crippen LogP contribution in [0.4, 0.5) is 8.78 Å². The van der Waals surface area contributed by atoms with Crippen LogP contribution in [0.5, 0.6) is 0 Å². The Morgan fingerprint density at radius 1 is 1.04 bits per heavy atom. The molecule has 0 amide bonds. The van der Waals surface area contributed by atoms with Gasteiger partial charge in [0.2, 0.25) is 0 Å². The standard InChI is InChI=1S/C18H28BF2NO3S/c1-16(2,3)26(23)22-14(15(20)21)12-8-10-13(11-9-12)19-24-17(4,5)18(6,7)25-19/h8-11,14-15,22H,1-7H3. The predicted octanol–water partition coefficient (Wildman–Crippen LogP) is 3.34. The number of halogens is 2. The molecule has 8 heteroatoms. The summed E-state index contributed by atoms with van der Waals surface area (Å²) in [7, 11) is -0.546. The fraction of sp³-hybridized carbons (Fsp3) is 0.667. The van der Waals surface area contributed by atoms with Gasteiger partial charge in [0.1, 0.15) is 10.8 Å². The summed E-state index contributed by atoms with van der Waals surface area (Å²) in [5.74, 6) is 0. The van der Waals surface area contributed by atoms with Crippen LogP contribution in [0.15, 0.2) is 24.3 Å². The SMILES string of the molecule is CC(C)(C)[S+]([O-])NC(c1ccc(B2OC(C)(C)C(C)(C)O2)cc1)C(F)F. The molecule has 0 bridgehead atoms. The van der Waals surface area contributed by atoms with Crippen LogP contribution in [-0.4, -0.2) is 34.0 Å². The van der Waals surface area contributed by atoms with Gasteiger partial charge in [0.05, 0.1) is 11.2 Å². The Hall–Kier alpha value is -0.665. The molecule has 2 atom stereocenters. The van der Waals surface area contributed by atoms with Gasteiger partial charge in [-0.1, -0.05) is 24.3 Å². The van der Waals surface area contributed by atoms with Gasteiger partial charge in [0.15, 0.2) is 0 Å². The van der Waals surface area contributed by atoms with Crippen molar-refractivity contribution in [2.75, 3.05) is 0 Å². The Morgan fingerprint density at radius 2 is 1.50 bits per heavy atom. The van der Waals surface area contributed by atoms with Gasteiger partial charge in [-0.25, -0.2) is 8.78 Å². The summed E-state index contributed by atoms with van der Waals surface area (Å²) in [6.45, 7) is 13.0. The zero-order valence-corrected chi connectivity index (χ0v) is 17.2. The van der Waals surface area contributed by atoms with E-state index in [2.05, 4.69) is 4.72 Å². The smallest absolute Gasteiger partial charge is 0.494 e. The van der Waals surface area contributed by atoms with E-state index in [0.29, 0.717) is 5.56 Å². The van der Waals surface area contributed by atoms with Gasteiger partial charge in [-0.05, 0) is 59.5 Å². The molecule has 0 spiro atoms. The largest absolute Gasteiger partial charge is 0.598 e. The maximum Gasteiger partial charge on any atom is 0.494 e. The Morgan fingerprint density at radius 3 is 1.88 bits per heavy atom. The molecule has 0 saturated carbocycles. The average Bonchev–Trinajstić information content (AvgIpc) is 2.71. The number of hydrogen-bond acceptors (Lipinski definition) is 4. The molecule has 26 heavy (non-hydrogen) atoms. The van der Waals surface area contributed by atoms with Crippen molar-refractivity contribution in [3.63, 3.8) is 0 Å². The van der Waals surface area contributed by atoms with Gasteiger partial charge >= 0.3 is 7.12 Å². The molecular weight excluding hydrogens is 359 g/mol. The van der Waals surface area contributed by atoms with Crippen molar-refractivity contribution in [2.45, 2.75) is 76.9 Å². The van der Waals surface area contributed by atoms with Crippen molar-refractivity contribution in [3.05, 3.63) is 29.8 Å². The fourth-order valence-corrected chi connectivity index (χ4v) is 3.22. The zero-order chi connectivity index (χ0) is 19.9. The summed E-state index contributed by atoms with van der Waals surface area (Å²) in [4.78, 5) is 0. The Kier molecular flexibility index (Phi) is 6.15. The highest BCUT2D eigenvalue weighted by atomic mass is 32.2. The second-order valence-corrected chi connectivity index (χ2v) is 10.6. The third kappa shape index (κ3) is 4.59. The number of nitrogens with one attached hydrogen (secondary N) is 1. The van der Waals surface area contributed by atoms with Crippen LogP contribution in [0.25, 0.3) is 0 Å². The lowest BCUT2D eigenvalue weighted by Crippen LogP contribution is -2.43. The molecule has 2 rings (SSSR count). The molecule has 0 aliphatic carbocycles. The highest BCUT2D eigenvalue weighted by molar-refractivity contribution is 7.90. The lowest BCUT2D eigenvalue weighted by Gasteiger charge is -2.32. The minimum absolute atomic E-state index is 0.373. The molecule has 1 aliphatic heterocycles. The molecule has 1 aliphatic rings. The van der Waals surface area contributed by atoms with Crippen LogP contribution in [0.1, 0.15) is 60.1 Å². The lowest BCUT2D eigenvalue weighted by molar-refractivity contribution is 0.00578. The Balaban J connectivity index is 2.17. The quantitative estimate of drug-likeness (QED) is 0.622. The van der Waals surface area contributed by atoms with Crippen LogP contribution in [-0.2, 0) is 20.7 Å². The normalized spacial score (nSPS) is 21.9. The molecule has 146 valence electrons. The lowest BCUT2D eigenvalue weighted by atomic mass is 9.78. The minimum atomic E-state index is -2.68. The summed E-state index contributed by atoms with van der Waals surface area (Å²) in [5.41, 5.74) is 0.204. The third-order valence-electron chi connectivity index (χ3n) is 4.86. The number of benzene rings is 1. The molecule has 1 aromatic rings. The van der Waals surface area contributed by atoms with Gasteiger partial charge in [-0.2, -0.15) is 0 Å². The molecule has 2 unspecified atom stereocenters. The molecule has 0 radical (unpaired) electrons. The van der Waals surface area contributed by atoms with E-state index in [4.69, 9.17) is 9.31 Å². The third-order valence-corrected chi connectivity index (χ3v) is 6.44. The summed E-state index contributed by atoms with van der Waals surface area (Å²) in [6, 6.07) is 5.33. The van der Waals surface area contributed by atoms with Gasteiger partial charge in [-0.15, -0.1) is 4.72 Å². The fourth-order valence-electron chi connectivity index (χ4n) is 2.40. The maximum atomic E-state index is 13.5. The van der Waals surface area contributed by atoms with Crippen LogP contribution in [0, 0.1) is 0 Å². The van der Waals surface area contributed by atoms with E-state index in [1.54, 1.807) is 45.0 Å². The van der Waals surface area contributed by atoms with Gasteiger partial charge in [-0.3, -0.25) is 0 Å². The first kappa shape index (κ1) is 21.6. The van der Waals surface area contributed by atoms with Crippen molar-refractivity contribution in [3.8, 4) is 0 Å². The van der Waals surface area contributed by atoms with Crippen molar-refractivity contribution < 1.29 is 22.6 Å². The molecule has 1 saturated heterocycles. The van der Waals surface area contributed by atoms with Crippen LogP contribution in [0.2, 0.25) is 0 Å². The van der Waals surface area contributed by atoms with E-state index in [9.17, 15) is 13.3 Å². The average molecular weight is 387 g/mol. The highest BCUT2D eigenvalue weighted by Crippen LogP contribution is 2.36. The van der Waals surface area contributed by atoms with E-state index in [1.165, 1.54) is 0 Å². The minimum Gasteiger partial charge on any atom is -0.598 e. The van der Waals surface area contributed by atoms with Crippen LogP contribution >= 0.6 is 0 Å². The van der Waals surface area contributed by atoms with E-state index >= 15 is 0 Å². The predicted molar refractivity (Wildman–Crippen MR) is 102 cm³/mol. The summed E-state index contributed by atoms with van der Waals surface area (Å²) in [5, 5.41) is 0. The first-order valence-corrected chi connectivity index (χ1v) is 9.81. The van der Waals surface area contributed by atoms with E-state index in [1.807, 2.05) is 27.7 Å².